The lowest BCUT2D eigenvalue weighted by molar-refractivity contribution is -0.129. The number of carbonyl (C=O) groups is 1. The molecule has 2 N–H and O–H groups in total. The third-order valence-electron chi connectivity index (χ3n) is 6.15. The summed E-state index contributed by atoms with van der Waals surface area (Å²) < 4.78 is 38.0. The van der Waals surface area contributed by atoms with Crippen LogP contribution in [0, 0.1) is 29.0 Å². The lowest BCUT2D eigenvalue weighted by atomic mass is 9.49. The maximum absolute atomic E-state index is 13.7. The summed E-state index contributed by atoms with van der Waals surface area (Å²) in [5, 5.41) is 0. The largest absolute Gasteiger partial charge is 0.278 e. The van der Waals surface area contributed by atoms with Gasteiger partial charge in [-0.15, -0.1) is 4.83 Å². The van der Waals surface area contributed by atoms with Crippen molar-refractivity contribution in [1.29, 1.82) is 0 Å². The van der Waals surface area contributed by atoms with Gasteiger partial charge in [0.2, 0.25) is 5.91 Å². The molecule has 4 bridgehead atoms. The van der Waals surface area contributed by atoms with Crippen LogP contribution in [0.15, 0.2) is 29.2 Å². The Kier molecular flexibility index (Phi) is 4.11. The molecule has 7 heteroatoms. The highest BCUT2D eigenvalue weighted by molar-refractivity contribution is 7.89. The molecule has 5 nitrogen and oxygen atoms in total. The van der Waals surface area contributed by atoms with Gasteiger partial charge in [0.15, 0.2) is 0 Å². The zero-order valence-corrected chi connectivity index (χ0v) is 14.8. The van der Waals surface area contributed by atoms with Gasteiger partial charge >= 0.3 is 0 Å². The van der Waals surface area contributed by atoms with E-state index in [4.69, 9.17) is 0 Å². The van der Waals surface area contributed by atoms with Gasteiger partial charge in [0.1, 0.15) is 10.7 Å². The van der Waals surface area contributed by atoms with Gasteiger partial charge in [0, 0.05) is 6.42 Å². The van der Waals surface area contributed by atoms with Gasteiger partial charge in [0.25, 0.3) is 10.0 Å². The Hall–Kier alpha value is -1.47. The quantitative estimate of drug-likeness (QED) is 0.787. The summed E-state index contributed by atoms with van der Waals surface area (Å²) in [4.78, 5) is 13.9. The fourth-order valence-electron chi connectivity index (χ4n) is 5.73. The SMILES string of the molecule is O=C(CC12CC3CC(CC(C3)C1)C2)NNS(=O)(=O)c1ccccc1F. The number of rotatable bonds is 5. The Morgan fingerprint density at radius 2 is 1.64 bits per heavy atom. The summed E-state index contributed by atoms with van der Waals surface area (Å²) >= 11 is 0. The molecule has 0 aliphatic heterocycles. The van der Waals surface area contributed by atoms with E-state index >= 15 is 0 Å². The van der Waals surface area contributed by atoms with Crippen molar-refractivity contribution in [2.24, 2.45) is 23.2 Å². The normalized spacial score (nSPS) is 33.4. The number of nitrogens with one attached hydrogen (secondary N) is 2. The van der Waals surface area contributed by atoms with Crippen molar-refractivity contribution in [1.82, 2.24) is 10.3 Å². The maximum atomic E-state index is 13.7. The lowest BCUT2D eigenvalue weighted by Gasteiger charge is -2.56. The van der Waals surface area contributed by atoms with Crippen LogP contribution in [0.2, 0.25) is 0 Å². The molecule has 0 heterocycles. The number of amides is 1. The first-order valence-corrected chi connectivity index (χ1v) is 10.4. The van der Waals surface area contributed by atoms with E-state index in [1.54, 1.807) is 0 Å². The Morgan fingerprint density at radius 3 is 2.20 bits per heavy atom. The molecule has 25 heavy (non-hydrogen) atoms. The second-order valence-corrected chi connectivity index (χ2v) is 9.83. The Labute approximate surface area is 147 Å². The molecular weight excluding hydrogens is 343 g/mol. The highest BCUT2D eigenvalue weighted by Crippen LogP contribution is 2.61. The molecule has 1 amide bonds. The molecule has 0 radical (unpaired) electrons. The van der Waals surface area contributed by atoms with Crippen LogP contribution in [0.1, 0.15) is 44.9 Å². The van der Waals surface area contributed by atoms with Crippen molar-refractivity contribution in [2.75, 3.05) is 0 Å². The van der Waals surface area contributed by atoms with E-state index in [0.29, 0.717) is 6.42 Å². The molecule has 1 aromatic rings. The molecule has 1 aromatic carbocycles. The molecule has 4 fully saturated rings. The second kappa shape index (κ2) is 6.06. The number of benzene rings is 1. The fraction of sp³-hybridized carbons (Fsp3) is 0.611. The fourth-order valence-corrected chi connectivity index (χ4v) is 6.67. The number of hydrazine groups is 1. The number of hydrogen-bond donors (Lipinski definition) is 2. The Bertz CT molecular complexity index is 758. The molecule has 0 atom stereocenters. The van der Waals surface area contributed by atoms with Crippen LogP contribution >= 0.6 is 0 Å². The minimum absolute atomic E-state index is 0.0300. The molecule has 4 aliphatic rings. The number of hydrogen-bond acceptors (Lipinski definition) is 3. The molecular formula is C18H23FN2O3S. The number of halogens is 1. The van der Waals surface area contributed by atoms with E-state index in [0.717, 1.165) is 43.1 Å². The van der Waals surface area contributed by atoms with Gasteiger partial charge in [-0.05, 0) is 73.8 Å². The summed E-state index contributed by atoms with van der Waals surface area (Å²) in [6.45, 7) is 0. The summed E-state index contributed by atoms with van der Waals surface area (Å²) in [5.41, 5.74) is 2.31. The van der Waals surface area contributed by atoms with Crippen molar-refractivity contribution < 1.29 is 17.6 Å². The standard InChI is InChI=1S/C18H23FN2O3S/c19-15-3-1-2-4-16(15)25(23,24)21-20-17(22)11-18-8-12-5-13(9-18)7-14(6-12)10-18/h1-4,12-14,21H,5-11H2,(H,20,22). The lowest BCUT2D eigenvalue weighted by Crippen LogP contribution is -2.50. The van der Waals surface area contributed by atoms with Crippen LogP contribution in [0.4, 0.5) is 4.39 Å². The van der Waals surface area contributed by atoms with Crippen LogP contribution in [0.5, 0.6) is 0 Å². The van der Waals surface area contributed by atoms with Gasteiger partial charge in [-0.3, -0.25) is 10.2 Å². The number of carbonyl (C=O) groups excluding carboxylic acids is 1. The van der Waals surface area contributed by atoms with Crippen molar-refractivity contribution in [3.8, 4) is 0 Å². The van der Waals surface area contributed by atoms with Gasteiger partial charge in [0.05, 0.1) is 0 Å². The van der Waals surface area contributed by atoms with Crippen LogP contribution in [-0.2, 0) is 14.8 Å². The molecule has 4 aliphatic carbocycles. The van der Waals surface area contributed by atoms with E-state index in [1.807, 2.05) is 4.83 Å². The maximum Gasteiger partial charge on any atom is 0.260 e. The van der Waals surface area contributed by atoms with Crippen molar-refractivity contribution in [3.63, 3.8) is 0 Å². The minimum atomic E-state index is -4.11. The third kappa shape index (κ3) is 3.31. The van der Waals surface area contributed by atoms with Crippen LogP contribution in [0.25, 0.3) is 0 Å². The van der Waals surface area contributed by atoms with E-state index in [2.05, 4.69) is 5.43 Å². The number of sulfonamides is 1. The van der Waals surface area contributed by atoms with E-state index < -0.39 is 20.7 Å². The van der Waals surface area contributed by atoms with Gasteiger partial charge in [-0.1, -0.05) is 12.1 Å². The van der Waals surface area contributed by atoms with Crippen molar-refractivity contribution >= 4 is 15.9 Å². The van der Waals surface area contributed by atoms with Crippen LogP contribution < -0.4 is 10.3 Å². The monoisotopic (exact) mass is 366 g/mol. The summed E-state index contributed by atoms with van der Waals surface area (Å²) in [6, 6.07) is 5.10. The van der Waals surface area contributed by atoms with Crippen LogP contribution in [0.3, 0.4) is 0 Å². The smallest absolute Gasteiger partial charge is 0.260 e. The molecule has 5 rings (SSSR count). The molecule has 0 aromatic heterocycles. The van der Waals surface area contributed by atoms with Crippen molar-refractivity contribution in [2.45, 2.75) is 49.8 Å². The second-order valence-electron chi connectivity index (χ2n) is 8.18. The van der Waals surface area contributed by atoms with Gasteiger partial charge in [-0.25, -0.2) is 12.8 Å². The topological polar surface area (TPSA) is 75.3 Å². The predicted octanol–water partition coefficient (Wildman–Crippen LogP) is 2.74. The third-order valence-corrected chi connectivity index (χ3v) is 7.43. The Morgan fingerprint density at radius 1 is 1.08 bits per heavy atom. The Balaban J connectivity index is 1.39. The van der Waals surface area contributed by atoms with E-state index in [-0.39, 0.29) is 11.3 Å². The summed E-state index contributed by atoms with van der Waals surface area (Å²) in [7, 11) is -4.11. The van der Waals surface area contributed by atoms with Crippen molar-refractivity contribution in [3.05, 3.63) is 30.1 Å². The van der Waals surface area contributed by atoms with Gasteiger partial charge < -0.3 is 0 Å². The highest BCUT2D eigenvalue weighted by atomic mass is 32.2. The van der Waals surface area contributed by atoms with E-state index in [9.17, 15) is 17.6 Å². The average molecular weight is 366 g/mol. The van der Waals surface area contributed by atoms with Crippen LogP contribution in [-0.4, -0.2) is 14.3 Å². The molecule has 0 saturated heterocycles. The highest BCUT2D eigenvalue weighted by Gasteiger charge is 2.51. The zero-order chi connectivity index (χ0) is 17.7. The first-order chi connectivity index (χ1) is 11.9. The first kappa shape index (κ1) is 17.0. The molecule has 136 valence electrons. The summed E-state index contributed by atoms with van der Waals surface area (Å²) in [5.74, 6) is 1.02. The first-order valence-electron chi connectivity index (χ1n) is 8.90. The summed E-state index contributed by atoms with van der Waals surface area (Å²) in [6.07, 6.45) is 7.45. The molecule has 0 unspecified atom stereocenters. The molecule has 4 saturated carbocycles. The molecule has 0 spiro atoms. The zero-order valence-electron chi connectivity index (χ0n) is 14.0. The minimum Gasteiger partial charge on any atom is -0.278 e. The van der Waals surface area contributed by atoms with Gasteiger partial charge in [-0.2, -0.15) is 0 Å². The predicted molar refractivity (Wildman–Crippen MR) is 90.1 cm³/mol. The average Bonchev–Trinajstić information content (AvgIpc) is 2.51. The van der Waals surface area contributed by atoms with E-state index in [1.165, 1.54) is 37.5 Å².